The Labute approximate surface area is 166 Å². The summed E-state index contributed by atoms with van der Waals surface area (Å²) in [6, 6.07) is 4.72. The molecule has 0 aliphatic heterocycles. The van der Waals surface area contributed by atoms with Crippen LogP contribution >= 0.6 is 0 Å². The van der Waals surface area contributed by atoms with Crippen LogP contribution in [0.3, 0.4) is 0 Å². The van der Waals surface area contributed by atoms with Gasteiger partial charge in [0.15, 0.2) is 11.1 Å². The number of aryl methyl sites for hydroxylation is 2. The molecule has 28 heavy (non-hydrogen) atoms. The summed E-state index contributed by atoms with van der Waals surface area (Å²) in [5.74, 6) is 0.854. The fourth-order valence-electron chi connectivity index (χ4n) is 3.24. The van der Waals surface area contributed by atoms with Crippen molar-refractivity contribution in [3.8, 4) is 17.1 Å². The minimum Gasteiger partial charge on any atom is -0.493 e. The maximum atomic E-state index is 12.8. The number of H-pyrrole nitrogens is 1. The summed E-state index contributed by atoms with van der Waals surface area (Å²) in [5, 5.41) is 0. The molecule has 0 saturated heterocycles. The van der Waals surface area contributed by atoms with Crippen LogP contribution in [0.15, 0.2) is 34.1 Å². The molecule has 2 aromatic heterocycles. The van der Waals surface area contributed by atoms with Crippen LogP contribution in [0.4, 0.5) is 0 Å². The molecule has 0 spiro atoms. The van der Waals surface area contributed by atoms with Gasteiger partial charge in [0, 0.05) is 12.7 Å². The average molecular weight is 404 g/mol. The van der Waals surface area contributed by atoms with Gasteiger partial charge in [-0.05, 0) is 43.5 Å². The van der Waals surface area contributed by atoms with Crippen molar-refractivity contribution in [1.29, 1.82) is 0 Å². The number of benzene rings is 1. The van der Waals surface area contributed by atoms with E-state index in [4.69, 9.17) is 9.72 Å². The molecule has 8 heteroatoms. The summed E-state index contributed by atoms with van der Waals surface area (Å²) in [6.07, 6.45) is 4.56. The fraction of sp³-hybridized carbons (Fsp3) is 0.400. The molecule has 0 bridgehead atoms. The first-order chi connectivity index (χ1) is 13.5. The molecular formula is C20H25N3O4S. The highest BCUT2D eigenvalue weighted by Gasteiger charge is 2.18. The molecule has 150 valence electrons. The fourth-order valence-corrected chi connectivity index (χ4v) is 3.64. The lowest BCUT2D eigenvalue weighted by molar-refractivity contribution is 0.318. The number of aromatic amines is 1. The molecule has 0 aliphatic rings. The molecule has 2 N–H and O–H groups in total. The number of aromatic nitrogens is 3. The van der Waals surface area contributed by atoms with Crippen LogP contribution in [0.25, 0.3) is 22.4 Å². The second-order valence-electron chi connectivity index (χ2n) is 6.56. The van der Waals surface area contributed by atoms with Crippen LogP contribution in [0.1, 0.15) is 39.2 Å². The topological polar surface area (TPSA) is 97.2 Å². The van der Waals surface area contributed by atoms with Gasteiger partial charge in [0.25, 0.3) is 5.56 Å². The molecule has 1 aromatic carbocycles. The average Bonchev–Trinajstić information content (AvgIpc) is 3.04. The summed E-state index contributed by atoms with van der Waals surface area (Å²) in [5.41, 5.74) is 2.50. The smallest absolute Gasteiger partial charge is 0.275 e. The van der Waals surface area contributed by atoms with Crippen molar-refractivity contribution < 1.29 is 13.5 Å². The summed E-state index contributed by atoms with van der Waals surface area (Å²) < 4.78 is 28.7. The molecule has 0 fully saturated rings. The Kier molecular flexibility index (Phi) is 6.31. The Bertz CT molecular complexity index is 1070. The molecule has 1 atom stereocenters. The van der Waals surface area contributed by atoms with Crippen LogP contribution in [0, 0.1) is 0 Å². The van der Waals surface area contributed by atoms with Gasteiger partial charge in [-0.15, -0.1) is 0 Å². The number of ether oxygens (including phenoxy) is 1. The van der Waals surface area contributed by atoms with Gasteiger partial charge in [0.05, 0.1) is 22.6 Å². The first kappa shape index (κ1) is 20.3. The second-order valence-corrected chi connectivity index (χ2v) is 7.53. The van der Waals surface area contributed by atoms with Crippen LogP contribution < -0.4 is 10.3 Å². The van der Waals surface area contributed by atoms with Gasteiger partial charge in [0.2, 0.25) is 0 Å². The van der Waals surface area contributed by atoms with Crippen molar-refractivity contribution >= 4 is 22.1 Å². The molecular weight excluding hydrogens is 378 g/mol. The van der Waals surface area contributed by atoms with E-state index in [9.17, 15) is 13.6 Å². The maximum absolute atomic E-state index is 12.8. The first-order valence-corrected chi connectivity index (χ1v) is 10.6. The van der Waals surface area contributed by atoms with E-state index in [0.29, 0.717) is 41.3 Å². The third kappa shape index (κ3) is 3.88. The van der Waals surface area contributed by atoms with Crippen molar-refractivity contribution in [1.82, 2.24) is 14.5 Å². The van der Waals surface area contributed by atoms with Crippen molar-refractivity contribution in [2.75, 3.05) is 6.61 Å². The molecule has 7 nitrogen and oxygen atoms in total. The van der Waals surface area contributed by atoms with E-state index in [-0.39, 0.29) is 10.5 Å². The standard InChI is InChI=1S/C20H25N3O4S/c1-4-7-13-12-23(6-3)18-17(13)21-19(22-20(18)24)15-11-14(28(25)26)8-9-16(15)27-10-5-2/h8-9,11-12H,4-7,10H2,1-3H3,(H,25,26)(H,21,22,24). The SMILES string of the molecule is CCCOc1ccc(S(=O)O)cc1-c1nc2c(CCC)cn(CC)c2c(=O)[nH]1. The van der Waals surface area contributed by atoms with E-state index in [0.717, 1.165) is 24.8 Å². The Morgan fingerprint density at radius 1 is 1.25 bits per heavy atom. The van der Waals surface area contributed by atoms with Gasteiger partial charge >= 0.3 is 0 Å². The number of hydrogen-bond donors (Lipinski definition) is 2. The first-order valence-electron chi connectivity index (χ1n) is 9.50. The lowest BCUT2D eigenvalue weighted by atomic mass is 10.1. The highest BCUT2D eigenvalue weighted by molar-refractivity contribution is 7.79. The molecule has 0 radical (unpaired) electrons. The maximum Gasteiger partial charge on any atom is 0.275 e. The van der Waals surface area contributed by atoms with Crippen molar-refractivity contribution in [2.45, 2.75) is 51.5 Å². The summed E-state index contributed by atoms with van der Waals surface area (Å²) in [6.45, 7) is 7.23. The minimum absolute atomic E-state index is 0.224. The zero-order valence-corrected chi connectivity index (χ0v) is 17.1. The number of nitrogens with zero attached hydrogens (tertiary/aromatic N) is 2. The van der Waals surface area contributed by atoms with Crippen molar-refractivity contribution in [3.05, 3.63) is 40.3 Å². The van der Waals surface area contributed by atoms with Crippen molar-refractivity contribution in [2.24, 2.45) is 0 Å². The second kappa shape index (κ2) is 8.70. The number of rotatable bonds is 8. The van der Waals surface area contributed by atoms with E-state index in [1.165, 1.54) is 6.07 Å². The van der Waals surface area contributed by atoms with Crippen molar-refractivity contribution in [3.63, 3.8) is 0 Å². The Balaban J connectivity index is 2.25. The van der Waals surface area contributed by atoms with Crippen LogP contribution in [-0.4, -0.2) is 29.9 Å². The molecule has 0 aliphatic carbocycles. The Morgan fingerprint density at radius 3 is 2.68 bits per heavy atom. The van der Waals surface area contributed by atoms with E-state index in [1.54, 1.807) is 12.1 Å². The monoisotopic (exact) mass is 403 g/mol. The van der Waals surface area contributed by atoms with Crippen LogP contribution in [0.5, 0.6) is 5.75 Å². The molecule has 3 rings (SSSR count). The molecule has 3 aromatic rings. The van der Waals surface area contributed by atoms with E-state index >= 15 is 0 Å². The highest BCUT2D eigenvalue weighted by atomic mass is 32.2. The predicted molar refractivity (Wildman–Crippen MR) is 110 cm³/mol. The van der Waals surface area contributed by atoms with E-state index in [1.807, 2.05) is 24.6 Å². The third-order valence-corrected chi connectivity index (χ3v) is 5.18. The molecule has 2 heterocycles. The number of fused-ring (bicyclic) bond motifs is 1. The van der Waals surface area contributed by atoms with Gasteiger partial charge in [0.1, 0.15) is 17.1 Å². The Hall–Kier alpha value is -2.45. The lowest BCUT2D eigenvalue weighted by Gasteiger charge is -2.12. The molecule has 1 unspecified atom stereocenters. The van der Waals surface area contributed by atoms with Crippen LogP contribution in [-0.2, 0) is 24.0 Å². The van der Waals surface area contributed by atoms with Gasteiger partial charge in [-0.3, -0.25) is 4.79 Å². The zero-order valence-electron chi connectivity index (χ0n) is 16.3. The molecule has 0 amide bonds. The lowest BCUT2D eigenvalue weighted by Crippen LogP contribution is -2.13. The number of hydrogen-bond acceptors (Lipinski definition) is 4. The summed E-state index contributed by atoms with van der Waals surface area (Å²) >= 11 is -2.14. The highest BCUT2D eigenvalue weighted by Crippen LogP contribution is 2.31. The molecule has 0 saturated carbocycles. The quantitative estimate of drug-likeness (QED) is 0.559. The normalized spacial score (nSPS) is 12.4. The summed E-state index contributed by atoms with van der Waals surface area (Å²) in [7, 11) is 0. The van der Waals surface area contributed by atoms with Gasteiger partial charge < -0.3 is 18.8 Å². The van der Waals surface area contributed by atoms with Gasteiger partial charge in [-0.25, -0.2) is 9.19 Å². The number of nitrogens with one attached hydrogen (secondary N) is 1. The van der Waals surface area contributed by atoms with E-state index in [2.05, 4.69) is 11.9 Å². The Morgan fingerprint density at radius 2 is 2.04 bits per heavy atom. The van der Waals surface area contributed by atoms with Gasteiger partial charge in [-0.1, -0.05) is 20.3 Å². The third-order valence-electron chi connectivity index (χ3n) is 4.53. The van der Waals surface area contributed by atoms with Gasteiger partial charge in [-0.2, -0.15) is 0 Å². The minimum atomic E-state index is -2.14. The largest absolute Gasteiger partial charge is 0.493 e. The van der Waals surface area contributed by atoms with Crippen LogP contribution in [0.2, 0.25) is 0 Å². The predicted octanol–water partition coefficient (Wildman–Crippen LogP) is 3.73. The summed E-state index contributed by atoms with van der Waals surface area (Å²) in [4.78, 5) is 20.6. The zero-order chi connectivity index (χ0) is 20.3. The van der Waals surface area contributed by atoms with E-state index < -0.39 is 11.1 Å².